The Labute approximate surface area is 149 Å². The molecule has 2 fully saturated rings. The molecule has 2 heterocycles. The number of anilines is 1. The van der Waals surface area contributed by atoms with E-state index in [0.717, 1.165) is 24.9 Å². The van der Waals surface area contributed by atoms with E-state index < -0.39 is 0 Å². The summed E-state index contributed by atoms with van der Waals surface area (Å²) in [5.41, 5.74) is 1.44. The van der Waals surface area contributed by atoms with Gasteiger partial charge in [0.1, 0.15) is 12.0 Å². The zero-order valence-corrected chi connectivity index (χ0v) is 14.3. The van der Waals surface area contributed by atoms with Crippen molar-refractivity contribution in [3.63, 3.8) is 0 Å². The number of fused-ring (bicyclic) bond motifs is 1. The first-order valence-corrected chi connectivity index (χ1v) is 8.61. The van der Waals surface area contributed by atoms with Gasteiger partial charge in [-0.1, -0.05) is 35.3 Å². The molecule has 2 aromatic carbocycles. The molecule has 0 aromatic heterocycles. The lowest BCUT2D eigenvalue weighted by Gasteiger charge is -2.30. The highest BCUT2D eigenvalue weighted by atomic mass is 35.5. The third-order valence-corrected chi connectivity index (χ3v) is 5.44. The van der Waals surface area contributed by atoms with Crippen LogP contribution in [-0.4, -0.2) is 23.4 Å². The summed E-state index contributed by atoms with van der Waals surface area (Å²) in [4.78, 5) is 16.8. The molecule has 0 aliphatic carbocycles. The van der Waals surface area contributed by atoms with Crippen LogP contribution in [0.5, 0.6) is 0 Å². The molecule has 3 nitrogen and oxygen atoms in total. The Morgan fingerprint density at radius 3 is 2.67 bits per heavy atom. The Kier molecular flexibility index (Phi) is 3.99. The Bertz CT molecular complexity index is 813. The minimum atomic E-state index is -0.321. The summed E-state index contributed by atoms with van der Waals surface area (Å²) in [6, 6.07) is 11.4. The van der Waals surface area contributed by atoms with Crippen LogP contribution in [0.25, 0.3) is 0 Å². The van der Waals surface area contributed by atoms with E-state index in [1.165, 1.54) is 12.1 Å². The molecule has 0 N–H and O–H groups in total. The van der Waals surface area contributed by atoms with Crippen LogP contribution >= 0.6 is 23.2 Å². The number of rotatable bonds is 2. The van der Waals surface area contributed by atoms with Gasteiger partial charge in [-0.05, 0) is 48.7 Å². The van der Waals surface area contributed by atoms with Crippen molar-refractivity contribution < 1.29 is 9.18 Å². The summed E-state index contributed by atoms with van der Waals surface area (Å²) in [5, 5.41) is 0.835. The summed E-state index contributed by atoms with van der Waals surface area (Å²) in [7, 11) is 0. The molecule has 0 bridgehead atoms. The third kappa shape index (κ3) is 2.50. The summed E-state index contributed by atoms with van der Waals surface area (Å²) >= 11 is 12.1. The van der Waals surface area contributed by atoms with E-state index in [2.05, 4.69) is 4.90 Å². The molecule has 2 saturated heterocycles. The van der Waals surface area contributed by atoms with Crippen LogP contribution in [0, 0.1) is 5.82 Å². The van der Waals surface area contributed by atoms with Gasteiger partial charge in [0.15, 0.2) is 0 Å². The molecule has 2 unspecified atom stereocenters. The Morgan fingerprint density at radius 1 is 1.08 bits per heavy atom. The van der Waals surface area contributed by atoms with Gasteiger partial charge in [0.2, 0.25) is 5.91 Å². The average molecular weight is 365 g/mol. The zero-order chi connectivity index (χ0) is 16.8. The van der Waals surface area contributed by atoms with Crippen LogP contribution < -0.4 is 4.90 Å². The highest BCUT2D eigenvalue weighted by molar-refractivity contribution is 6.42. The van der Waals surface area contributed by atoms with Crippen LogP contribution in [0.3, 0.4) is 0 Å². The molecular weight excluding hydrogens is 350 g/mol. The summed E-state index contributed by atoms with van der Waals surface area (Å²) in [6.07, 6.45) is 1.47. The summed E-state index contributed by atoms with van der Waals surface area (Å²) in [5.74, 6) is -0.281. The van der Waals surface area contributed by atoms with Crippen molar-refractivity contribution in [2.24, 2.45) is 0 Å². The maximum Gasteiger partial charge on any atom is 0.246 e. The molecule has 0 spiro atoms. The fraction of sp³-hybridized carbons (Fsp3) is 0.278. The van der Waals surface area contributed by atoms with Gasteiger partial charge in [0.05, 0.1) is 16.1 Å². The second-order valence-electron chi connectivity index (χ2n) is 6.13. The summed E-state index contributed by atoms with van der Waals surface area (Å²) in [6.45, 7) is 0.815. The molecule has 2 aliphatic heterocycles. The zero-order valence-electron chi connectivity index (χ0n) is 12.8. The average Bonchev–Trinajstić information content (AvgIpc) is 3.12. The maximum absolute atomic E-state index is 13.7. The van der Waals surface area contributed by atoms with Crippen LogP contribution in [0.15, 0.2) is 42.5 Å². The monoisotopic (exact) mass is 364 g/mol. The third-order valence-electron chi connectivity index (χ3n) is 4.70. The van der Waals surface area contributed by atoms with Gasteiger partial charge in [-0.3, -0.25) is 14.6 Å². The predicted octanol–water partition coefficient (Wildman–Crippen LogP) is 4.64. The van der Waals surface area contributed by atoms with Gasteiger partial charge in [0.25, 0.3) is 0 Å². The van der Waals surface area contributed by atoms with E-state index >= 15 is 0 Å². The van der Waals surface area contributed by atoms with Crippen LogP contribution in [0.4, 0.5) is 10.1 Å². The van der Waals surface area contributed by atoms with Gasteiger partial charge < -0.3 is 0 Å². The Balaban J connectivity index is 1.83. The Hall–Kier alpha value is -1.62. The fourth-order valence-electron chi connectivity index (χ4n) is 3.69. The summed E-state index contributed by atoms with van der Waals surface area (Å²) < 4.78 is 13.7. The molecular formula is C18H15Cl2FN2O. The largest absolute Gasteiger partial charge is 0.290 e. The number of amides is 1. The highest BCUT2D eigenvalue weighted by Gasteiger charge is 2.49. The molecule has 2 aromatic rings. The SMILES string of the molecule is O=C1C2CCCN2C(c2cccc(F)c2)N1c1ccc(Cl)c(Cl)c1. The number of carbonyl (C=O) groups excluding carboxylic acids is 1. The van der Waals surface area contributed by atoms with Crippen LogP contribution in [0.1, 0.15) is 24.6 Å². The lowest BCUT2D eigenvalue weighted by molar-refractivity contribution is -0.119. The number of hydrogen-bond donors (Lipinski definition) is 0. The number of hydrogen-bond acceptors (Lipinski definition) is 2. The van der Waals surface area contributed by atoms with E-state index in [-0.39, 0.29) is 23.9 Å². The molecule has 2 atom stereocenters. The van der Waals surface area contributed by atoms with Crippen LogP contribution in [0.2, 0.25) is 10.0 Å². The maximum atomic E-state index is 13.7. The van der Waals surface area contributed by atoms with E-state index in [1.807, 2.05) is 6.07 Å². The van der Waals surface area contributed by atoms with Gasteiger partial charge in [0, 0.05) is 12.2 Å². The first-order chi connectivity index (χ1) is 11.6. The number of benzene rings is 2. The van der Waals surface area contributed by atoms with Gasteiger partial charge >= 0.3 is 0 Å². The second-order valence-corrected chi connectivity index (χ2v) is 6.95. The van der Waals surface area contributed by atoms with Crippen molar-refractivity contribution in [3.05, 3.63) is 63.9 Å². The van der Waals surface area contributed by atoms with Crippen LogP contribution in [-0.2, 0) is 4.79 Å². The van der Waals surface area contributed by atoms with E-state index in [4.69, 9.17) is 23.2 Å². The molecule has 0 radical (unpaired) electrons. The lowest BCUT2D eigenvalue weighted by Crippen LogP contribution is -2.32. The van der Waals surface area contributed by atoms with Crippen molar-refractivity contribution in [3.8, 4) is 0 Å². The molecule has 2 aliphatic rings. The van der Waals surface area contributed by atoms with Crippen molar-refractivity contribution >= 4 is 34.8 Å². The minimum Gasteiger partial charge on any atom is -0.290 e. The number of halogens is 3. The van der Waals surface area contributed by atoms with Crippen molar-refractivity contribution in [2.45, 2.75) is 25.0 Å². The van der Waals surface area contributed by atoms with Gasteiger partial charge in [-0.25, -0.2) is 4.39 Å². The molecule has 6 heteroatoms. The second kappa shape index (κ2) is 6.03. The predicted molar refractivity (Wildman–Crippen MR) is 92.8 cm³/mol. The van der Waals surface area contributed by atoms with E-state index in [0.29, 0.717) is 15.7 Å². The minimum absolute atomic E-state index is 0.0279. The first kappa shape index (κ1) is 15.9. The normalized spacial score (nSPS) is 23.8. The lowest BCUT2D eigenvalue weighted by atomic mass is 10.1. The quantitative estimate of drug-likeness (QED) is 0.774. The topological polar surface area (TPSA) is 23.6 Å². The van der Waals surface area contributed by atoms with Crippen molar-refractivity contribution in [2.75, 3.05) is 11.4 Å². The highest BCUT2D eigenvalue weighted by Crippen LogP contribution is 2.43. The number of nitrogens with zero attached hydrogens (tertiary/aromatic N) is 2. The number of carbonyl (C=O) groups is 1. The van der Waals surface area contributed by atoms with E-state index in [1.54, 1.807) is 29.2 Å². The fourth-order valence-corrected chi connectivity index (χ4v) is 3.98. The van der Waals surface area contributed by atoms with Crippen molar-refractivity contribution in [1.82, 2.24) is 4.90 Å². The van der Waals surface area contributed by atoms with E-state index in [9.17, 15) is 9.18 Å². The molecule has 0 saturated carbocycles. The van der Waals surface area contributed by atoms with Gasteiger partial charge in [-0.15, -0.1) is 0 Å². The van der Waals surface area contributed by atoms with Gasteiger partial charge in [-0.2, -0.15) is 0 Å². The van der Waals surface area contributed by atoms with Crippen molar-refractivity contribution in [1.29, 1.82) is 0 Å². The molecule has 4 rings (SSSR count). The standard InChI is InChI=1S/C18H15Cl2FN2O/c19-14-7-6-13(10-15(14)20)23-17(11-3-1-4-12(21)9-11)22-8-2-5-16(22)18(23)24/h1,3-4,6-7,9-10,16-17H,2,5,8H2. The molecule has 1 amide bonds. The smallest absolute Gasteiger partial charge is 0.246 e. The molecule has 24 heavy (non-hydrogen) atoms. The molecule has 124 valence electrons. The Morgan fingerprint density at radius 2 is 1.92 bits per heavy atom. The first-order valence-electron chi connectivity index (χ1n) is 7.85.